The number of nitrogens with one attached hydrogen (secondary N) is 1. The molecule has 0 amide bonds. The Hall–Kier alpha value is -1.21. The first-order valence-electron chi connectivity index (χ1n) is 9.23. The predicted octanol–water partition coefficient (Wildman–Crippen LogP) is 2.24. The molecule has 6 heteroatoms. The van der Waals surface area contributed by atoms with Crippen molar-refractivity contribution in [1.29, 1.82) is 0 Å². The molecule has 2 aliphatic heterocycles. The fourth-order valence-corrected chi connectivity index (χ4v) is 3.48. The molecule has 0 saturated carbocycles. The summed E-state index contributed by atoms with van der Waals surface area (Å²) in [5, 5.41) is 3.70. The molecule has 2 aliphatic rings. The second kappa shape index (κ2) is 7.99. The second-order valence-corrected chi connectivity index (χ2v) is 7.46. The van der Waals surface area contributed by atoms with Gasteiger partial charge in [-0.05, 0) is 38.4 Å². The minimum Gasteiger partial charge on any atom is -0.461 e. The van der Waals surface area contributed by atoms with Gasteiger partial charge in [-0.25, -0.2) is 0 Å². The average Bonchev–Trinajstić information content (AvgIpc) is 2.60. The van der Waals surface area contributed by atoms with Crippen molar-refractivity contribution in [2.24, 2.45) is 0 Å². The van der Waals surface area contributed by atoms with E-state index in [-0.39, 0.29) is 0 Å². The third kappa shape index (κ3) is 4.70. The molecule has 0 unspecified atom stereocenters. The molecule has 1 N–H and O–H groups in total. The Labute approximate surface area is 150 Å². The van der Waals surface area contributed by atoms with Crippen LogP contribution in [0.4, 0.5) is 0 Å². The maximum atomic E-state index is 6.00. The van der Waals surface area contributed by atoms with Gasteiger partial charge >= 0.3 is 0 Å². The van der Waals surface area contributed by atoms with Gasteiger partial charge in [-0.2, -0.15) is 0 Å². The van der Waals surface area contributed by atoms with Crippen molar-refractivity contribution in [2.45, 2.75) is 58.6 Å². The number of fused-ring (bicyclic) bond motifs is 1. The molecule has 25 heavy (non-hydrogen) atoms. The first kappa shape index (κ1) is 18.6. The van der Waals surface area contributed by atoms with Crippen molar-refractivity contribution < 1.29 is 14.2 Å². The third-order valence-electron chi connectivity index (χ3n) is 5.10. The Morgan fingerprint density at radius 2 is 2.12 bits per heavy atom. The zero-order valence-electron chi connectivity index (χ0n) is 15.9. The van der Waals surface area contributed by atoms with Crippen molar-refractivity contribution in [2.75, 3.05) is 33.4 Å². The van der Waals surface area contributed by atoms with Gasteiger partial charge in [-0.1, -0.05) is 0 Å². The number of methoxy groups -OCH3 is 1. The molecule has 0 spiro atoms. The third-order valence-corrected chi connectivity index (χ3v) is 5.10. The summed E-state index contributed by atoms with van der Waals surface area (Å²) < 4.78 is 17.0. The van der Waals surface area contributed by atoms with Crippen molar-refractivity contribution in [3.8, 4) is 5.75 Å². The first-order valence-corrected chi connectivity index (χ1v) is 9.23. The molecule has 1 aromatic rings. The van der Waals surface area contributed by atoms with Crippen LogP contribution in [0.25, 0.3) is 0 Å². The Kier molecular flexibility index (Phi) is 5.94. The standard InChI is InChI=1S/C19H31N3O3/c1-14-18-17(13-24-19(2,3)25-18)15(11-20-14)12-21-16-5-7-22(8-6-16)9-10-23-4/h11,16,21H,5-10,12-13H2,1-4H3. The number of ether oxygens (including phenoxy) is 3. The summed E-state index contributed by atoms with van der Waals surface area (Å²) in [5.41, 5.74) is 3.25. The van der Waals surface area contributed by atoms with Crippen LogP contribution < -0.4 is 10.1 Å². The molecule has 0 radical (unpaired) electrons. The van der Waals surface area contributed by atoms with Crippen LogP contribution in [0.1, 0.15) is 43.5 Å². The van der Waals surface area contributed by atoms with Crippen LogP contribution in [-0.2, 0) is 22.6 Å². The summed E-state index contributed by atoms with van der Waals surface area (Å²) in [6.45, 7) is 11.4. The number of aromatic nitrogens is 1. The van der Waals surface area contributed by atoms with Crippen LogP contribution in [0.3, 0.4) is 0 Å². The highest BCUT2D eigenvalue weighted by atomic mass is 16.7. The molecule has 6 nitrogen and oxygen atoms in total. The molecule has 1 saturated heterocycles. The maximum absolute atomic E-state index is 6.00. The van der Waals surface area contributed by atoms with Gasteiger partial charge in [-0.3, -0.25) is 4.98 Å². The van der Waals surface area contributed by atoms with Gasteiger partial charge in [0, 0.05) is 51.8 Å². The second-order valence-electron chi connectivity index (χ2n) is 7.46. The smallest absolute Gasteiger partial charge is 0.205 e. The molecule has 1 fully saturated rings. The summed E-state index contributed by atoms with van der Waals surface area (Å²) in [7, 11) is 1.76. The van der Waals surface area contributed by atoms with Gasteiger partial charge in [0.15, 0.2) is 0 Å². The van der Waals surface area contributed by atoms with Gasteiger partial charge < -0.3 is 24.4 Å². The molecular weight excluding hydrogens is 318 g/mol. The number of hydrogen-bond donors (Lipinski definition) is 1. The van der Waals surface area contributed by atoms with Gasteiger partial charge in [0.25, 0.3) is 0 Å². The Morgan fingerprint density at radius 3 is 2.84 bits per heavy atom. The Morgan fingerprint density at radius 1 is 1.36 bits per heavy atom. The lowest BCUT2D eigenvalue weighted by molar-refractivity contribution is -0.180. The maximum Gasteiger partial charge on any atom is 0.205 e. The normalized spacial score (nSPS) is 21.0. The largest absolute Gasteiger partial charge is 0.461 e. The van der Waals surface area contributed by atoms with Crippen LogP contribution >= 0.6 is 0 Å². The highest BCUT2D eigenvalue weighted by Gasteiger charge is 2.30. The molecule has 0 bridgehead atoms. The van der Waals surface area contributed by atoms with Crippen molar-refractivity contribution in [3.63, 3.8) is 0 Å². The van der Waals surface area contributed by atoms with E-state index in [2.05, 4.69) is 15.2 Å². The van der Waals surface area contributed by atoms with Crippen molar-refractivity contribution in [1.82, 2.24) is 15.2 Å². The van der Waals surface area contributed by atoms with E-state index in [4.69, 9.17) is 14.2 Å². The Bertz CT molecular complexity index is 584. The zero-order valence-corrected chi connectivity index (χ0v) is 15.9. The van der Waals surface area contributed by atoms with Crippen LogP contribution in [0, 0.1) is 6.92 Å². The molecule has 140 valence electrons. The number of aryl methyl sites for hydroxylation is 1. The lowest BCUT2D eigenvalue weighted by Crippen LogP contribution is -2.43. The van der Waals surface area contributed by atoms with E-state index in [1.807, 2.05) is 27.0 Å². The van der Waals surface area contributed by atoms with Crippen molar-refractivity contribution >= 4 is 0 Å². The fraction of sp³-hybridized carbons (Fsp3) is 0.737. The molecular formula is C19H31N3O3. The van der Waals surface area contributed by atoms with Crippen LogP contribution in [0.15, 0.2) is 6.20 Å². The number of pyridine rings is 1. The van der Waals surface area contributed by atoms with E-state index >= 15 is 0 Å². The van der Waals surface area contributed by atoms with E-state index in [1.165, 1.54) is 18.4 Å². The van der Waals surface area contributed by atoms with Gasteiger partial charge in [0.05, 0.1) is 18.9 Å². The number of nitrogens with zero attached hydrogens (tertiary/aromatic N) is 2. The predicted molar refractivity (Wildman–Crippen MR) is 96.6 cm³/mol. The molecule has 0 aromatic carbocycles. The summed E-state index contributed by atoms with van der Waals surface area (Å²) in [6.07, 6.45) is 4.30. The topological polar surface area (TPSA) is 55.9 Å². The van der Waals surface area contributed by atoms with Crippen LogP contribution in [0.2, 0.25) is 0 Å². The lowest BCUT2D eigenvalue weighted by atomic mass is 10.0. The minimum absolute atomic E-state index is 0.553. The average molecular weight is 349 g/mol. The van der Waals surface area contributed by atoms with Gasteiger partial charge in [0.2, 0.25) is 5.79 Å². The molecule has 0 aliphatic carbocycles. The van der Waals surface area contributed by atoms with E-state index in [1.54, 1.807) is 7.11 Å². The minimum atomic E-state index is -0.583. The van der Waals surface area contributed by atoms with Crippen LogP contribution in [-0.4, -0.2) is 55.1 Å². The van der Waals surface area contributed by atoms with E-state index in [0.717, 1.165) is 49.8 Å². The van der Waals surface area contributed by atoms with E-state index in [9.17, 15) is 0 Å². The van der Waals surface area contributed by atoms with Crippen LogP contribution in [0.5, 0.6) is 5.75 Å². The number of rotatable bonds is 6. The summed E-state index contributed by atoms with van der Waals surface area (Å²) in [4.78, 5) is 7.00. The highest BCUT2D eigenvalue weighted by Crippen LogP contribution is 2.35. The summed E-state index contributed by atoms with van der Waals surface area (Å²) in [5.74, 6) is 0.311. The number of piperidine rings is 1. The van der Waals surface area contributed by atoms with Gasteiger partial charge in [-0.15, -0.1) is 0 Å². The first-order chi connectivity index (χ1) is 12.0. The molecule has 3 heterocycles. The lowest BCUT2D eigenvalue weighted by Gasteiger charge is -2.35. The summed E-state index contributed by atoms with van der Waals surface area (Å²) in [6, 6.07) is 0.553. The SMILES string of the molecule is COCCN1CCC(NCc2cnc(C)c3c2COC(C)(C)O3)CC1. The molecule has 0 atom stereocenters. The highest BCUT2D eigenvalue weighted by molar-refractivity contribution is 5.42. The quantitative estimate of drug-likeness (QED) is 0.850. The van der Waals surface area contributed by atoms with Gasteiger partial charge in [0.1, 0.15) is 5.75 Å². The van der Waals surface area contributed by atoms with E-state index < -0.39 is 5.79 Å². The fourth-order valence-electron chi connectivity index (χ4n) is 3.48. The zero-order chi connectivity index (χ0) is 17.9. The van der Waals surface area contributed by atoms with Crippen molar-refractivity contribution in [3.05, 3.63) is 23.0 Å². The monoisotopic (exact) mass is 349 g/mol. The molecule has 1 aromatic heterocycles. The molecule has 3 rings (SSSR count). The number of likely N-dealkylation sites (tertiary alicyclic amines) is 1. The van der Waals surface area contributed by atoms with E-state index in [0.29, 0.717) is 12.6 Å². The summed E-state index contributed by atoms with van der Waals surface area (Å²) >= 11 is 0. The number of hydrogen-bond acceptors (Lipinski definition) is 6. The Balaban J connectivity index is 1.56.